The lowest BCUT2D eigenvalue weighted by atomic mass is 9.84. The molecule has 2 aromatic rings. The molecular formula is C35H49N4O6+. The van der Waals surface area contributed by atoms with Crippen molar-refractivity contribution in [2.45, 2.75) is 64.0 Å². The van der Waals surface area contributed by atoms with E-state index in [4.69, 9.17) is 9.47 Å². The minimum absolute atomic E-state index is 0.0413. The quantitative estimate of drug-likeness (QED) is 0.333. The molecule has 10 heteroatoms. The molecule has 0 aliphatic carbocycles. The highest BCUT2D eigenvalue weighted by Gasteiger charge is 2.47. The van der Waals surface area contributed by atoms with Crippen LogP contribution in [0.5, 0.6) is 11.5 Å². The van der Waals surface area contributed by atoms with Gasteiger partial charge in [0.2, 0.25) is 18.6 Å². The molecule has 5 rings (SSSR count). The largest absolute Gasteiger partial charge is 0.481 e. The van der Waals surface area contributed by atoms with Crippen molar-refractivity contribution in [3.05, 3.63) is 53.6 Å². The minimum Gasteiger partial charge on any atom is -0.481 e. The summed E-state index contributed by atoms with van der Waals surface area (Å²) in [7, 11) is 6.44. The van der Waals surface area contributed by atoms with Gasteiger partial charge in [-0.1, -0.05) is 31.5 Å². The molecule has 244 valence electrons. The number of unbranched alkanes of at least 4 members (excludes halogenated alkanes) is 1. The van der Waals surface area contributed by atoms with Crippen LogP contribution in [-0.4, -0.2) is 104 Å². The second-order valence-corrected chi connectivity index (χ2v) is 13.7. The Kier molecular flexibility index (Phi) is 10.3. The van der Waals surface area contributed by atoms with Crippen LogP contribution in [0.4, 0.5) is 5.69 Å². The van der Waals surface area contributed by atoms with Gasteiger partial charge < -0.3 is 28.9 Å². The van der Waals surface area contributed by atoms with E-state index in [1.54, 1.807) is 0 Å². The number of carbonyl (C=O) groups is 3. The zero-order valence-corrected chi connectivity index (χ0v) is 27.2. The van der Waals surface area contributed by atoms with E-state index >= 15 is 0 Å². The summed E-state index contributed by atoms with van der Waals surface area (Å²) in [4.78, 5) is 45.6. The van der Waals surface area contributed by atoms with Crippen LogP contribution in [0.2, 0.25) is 0 Å². The second-order valence-electron chi connectivity index (χ2n) is 13.7. The summed E-state index contributed by atoms with van der Waals surface area (Å²) in [5.74, 6) is -0.630. The number of aliphatic carboxylic acids is 1. The predicted molar refractivity (Wildman–Crippen MR) is 172 cm³/mol. The number of carboxylic acids is 1. The van der Waals surface area contributed by atoms with Crippen molar-refractivity contribution in [2.75, 3.05) is 65.6 Å². The summed E-state index contributed by atoms with van der Waals surface area (Å²) in [6.07, 6.45) is 4.70. The van der Waals surface area contributed by atoms with Gasteiger partial charge >= 0.3 is 5.97 Å². The fourth-order valence-corrected chi connectivity index (χ4v) is 7.06. The smallest absolute Gasteiger partial charge is 0.308 e. The number of hydrogen-bond acceptors (Lipinski definition) is 6. The van der Waals surface area contributed by atoms with Crippen molar-refractivity contribution in [1.29, 1.82) is 0 Å². The maximum atomic E-state index is 14.2. The summed E-state index contributed by atoms with van der Waals surface area (Å²) in [6, 6.07) is 13.4. The lowest BCUT2D eigenvalue weighted by molar-refractivity contribution is -0.884. The number of amides is 2. The van der Waals surface area contributed by atoms with E-state index in [-0.39, 0.29) is 31.1 Å². The maximum Gasteiger partial charge on any atom is 0.308 e. The number of quaternary nitrogens is 1. The first-order valence-corrected chi connectivity index (χ1v) is 16.4. The summed E-state index contributed by atoms with van der Waals surface area (Å²) in [6.45, 7) is 5.39. The summed E-state index contributed by atoms with van der Waals surface area (Å²) >= 11 is 0. The predicted octanol–water partition coefficient (Wildman–Crippen LogP) is 4.33. The Labute approximate surface area is 267 Å². The number of anilines is 1. The minimum atomic E-state index is -0.890. The summed E-state index contributed by atoms with van der Waals surface area (Å²) in [5, 5.41) is 10.6. The van der Waals surface area contributed by atoms with E-state index in [2.05, 4.69) is 45.1 Å². The van der Waals surface area contributed by atoms with Gasteiger partial charge in [0.15, 0.2) is 11.5 Å². The molecule has 2 fully saturated rings. The monoisotopic (exact) mass is 621 g/mol. The molecule has 0 bridgehead atoms. The number of benzene rings is 2. The lowest BCUT2D eigenvalue weighted by Crippen LogP contribution is -2.46. The van der Waals surface area contributed by atoms with Gasteiger partial charge in [0, 0.05) is 55.8 Å². The first-order valence-electron chi connectivity index (χ1n) is 16.4. The molecule has 3 aliphatic heterocycles. The highest BCUT2D eigenvalue weighted by molar-refractivity contribution is 5.95. The highest BCUT2D eigenvalue weighted by atomic mass is 16.7. The van der Waals surface area contributed by atoms with E-state index in [0.29, 0.717) is 50.5 Å². The van der Waals surface area contributed by atoms with Gasteiger partial charge in [-0.2, -0.15) is 0 Å². The number of carboxylic acid groups (broad SMARTS) is 1. The number of ether oxygens (including phenoxy) is 2. The molecule has 3 heterocycles. The molecule has 1 N–H and O–H groups in total. The Morgan fingerprint density at radius 1 is 1.07 bits per heavy atom. The van der Waals surface area contributed by atoms with Gasteiger partial charge in [-0.3, -0.25) is 19.3 Å². The first kappa shape index (κ1) is 32.8. The fraction of sp³-hybridized carbons (Fsp3) is 0.571. The molecule has 2 amide bonds. The van der Waals surface area contributed by atoms with E-state index in [9.17, 15) is 19.5 Å². The van der Waals surface area contributed by atoms with Crippen LogP contribution in [0.3, 0.4) is 0 Å². The Morgan fingerprint density at radius 3 is 2.60 bits per heavy atom. The fourth-order valence-electron chi connectivity index (χ4n) is 7.06. The standard InChI is InChI=1S/C35H48N4O6/c1-5-6-17-38(27-11-9-10-25(19-27)23-39(2,3)4)33(41)22-37-21-28(26-13-14-30-31(20-26)45-24-44-30)34(35(42)43)29(37)15-18-36-16-8-7-12-32(36)40/h9-11,13-14,19-20,28-29,34H,5-8,12,15-18,21-24H2,1-4H3/p+1/t28-,29+,34?/m1/s1. The normalized spacial score (nSPS) is 21.7. The SMILES string of the molecule is CCCCN(C(=O)CN1C[C@H](c2ccc3c(c2)OCO3)C(C(=O)O)[C@@H]1CCN1CCCCC1=O)c1cccc(C[N+](C)(C)C)c1. The van der Waals surface area contributed by atoms with Crippen LogP contribution < -0.4 is 14.4 Å². The number of rotatable bonds is 13. The second kappa shape index (κ2) is 14.2. The van der Waals surface area contributed by atoms with Crippen LogP contribution >= 0.6 is 0 Å². The topological polar surface area (TPSA) is 99.6 Å². The number of likely N-dealkylation sites (tertiary alicyclic amines) is 2. The van der Waals surface area contributed by atoms with Crippen LogP contribution in [0.1, 0.15) is 62.5 Å². The Bertz CT molecular complexity index is 1370. The van der Waals surface area contributed by atoms with Crippen molar-refractivity contribution >= 4 is 23.5 Å². The molecular weight excluding hydrogens is 572 g/mol. The number of fused-ring (bicyclic) bond motifs is 1. The molecule has 3 aliphatic rings. The van der Waals surface area contributed by atoms with Gasteiger partial charge in [0.1, 0.15) is 6.54 Å². The van der Waals surface area contributed by atoms with Gasteiger partial charge in [-0.05, 0) is 55.5 Å². The van der Waals surface area contributed by atoms with Crippen LogP contribution in [0.15, 0.2) is 42.5 Å². The molecule has 0 spiro atoms. The van der Waals surface area contributed by atoms with Crippen molar-refractivity contribution < 1.29 is 33.4 Å². The Balaban J connectivity index is 1.43. The van der Waals surface area contributed by atoms with Crippen molar-refractivity contribution in [2.24, 2.45) is 5.92 Å². The summed E-state index contributed by atoms with van der Waals surface area (Å²) < 4.78 is 11.9. The molecule has 1 unspecified atom stereocenters. The third-order valence-electron chi connectivity index (χ3n) is 9.23. The first-order chi connectivity index (χ1) is 21.5. The number of carbonyl (C=O) groups excluding carboxylic acids is 2. The van der Waals surface area contributed by atoms with Crippen LogP contribution in [0, 0.1) is 5.92 Å². The van der Waals surface area contributed by atoms with Crippen LogP contribution in [-0.2, 0) is 20.9 Å². The molecule has 3 atom stereocenters. The Morgan fingerprint density at radius 2 is 1.87 bits per heavy atom. The zero-order valence-electron chi connectivity index (χ0n) is 27.2. The molecule has 2 saturated heterocycles. The molecule has 2 aromatic carbocycles. The van der Waals surface area contributed by atoms with Gasteiger partial charge in [-0.25, -0.2) is 0 Å². The highest BCUT2D eigenvalue weighted by Crippen LogP contribution is 2.43. The van der Waals surface area contributed by atoms with E-state index in [1.807, 2.05) is 40.1 Å². The van der Waals surface area contributed by atoms with Crippen LogP contribution in [0.25, 0.3) is 0 Å². The van der Waals surface area contributed by atoms with Crippen molar-refractivity contribution in [1.82, 2.24) is 9.80 Å². The van der Waals surface area contributed by atoms with E-state index in [0.717, 1.165) is 53.5 Å². The third-order valence-corrected chi connectivity index (χ3v) is 9.23. The number of piperidine rings is 1. The third kappa shape index (κ3) is 7.97. The van der Waals surface area contributed by atoms with Gasteiger partial charge in [0.25, 0.3) is 0 Å². The van der Waals surface area contributed by atoms with Crippen molar-refractivity contribution in [3.63, 3.8) is 0 Å². The average Bonchev–Trinajstić information content (AvgIpc) is 3.60. The zero-order chi connectivity index (χ0) is 32.1. The number of nitrogens with zero attached hydrogens (tertiary/aromatic N) is 4. The van der Waals surface area contributed by atoms with Gasteiger partial charge in [-0.15, -0.1) is 0 Å². The molecule has 10 nitrogen and oxygen atoms in total. The molecule has 0 saturated carbocycles. The van der Waals surface area contributed by atoms with Crippen molar-refractivity contribution in [3.8, 4) is 11.5 Å². The number of hydrogen-bond donors (Lipinski definition) is 1. The van der Waals surface area contributed by atoms with E-state index < -0.39 is 17.9 Å². The summed E-state index contributed by atoms with van der Waals surface area (Å²) in [5.41, 5.74) is 2.89. The maximum absolute atomic E-state index is 14.2. The lowest BCUT2D eigenvalue weighted by Gasteiger charge is -2.33. The molecule has 0 radical (unpaired) electrons. The van der Waals surface area contributed by atoms with E-state index in [1.165, 1.54) is 0 Å². The van der Waals surface area contributed by atoms with Gasteiger partial charge in [0.05, 0.1) is 33.6 Å². The molecule has 0 aromatic heterocycles. The Hall–Kier alpha value is -3.63. The average molecular weight is 622 g/mol. The molecule has 45 heavy (non-hydrogen) atoms.